The van der Waals surface area contributed by atoms with E-state index in [0.717, 1.165) is 30.5 Å². The maximum Gasteiger partial charge on any atom is 0.436 e. The van der Waals surface area contributed by atoms with Gasteiger partial charge < -0.3 is 9.88 Å². The van der Waals surface area contributed by atoms with E-state index in [1.807, 2.05) is 0 Å². The highest BCUT2D eigenvalue weighted by Gasteiger charge is 2.56. The second kappa shape index (κ2) is 7.08. The number of carbonyl (C=O) groups excluding carboxylic acids is 1. The molecule has 7 nitrogen and oxygen atoms in total. The molecule has 2 atom stereocenters. The van der Waals surface area contributed by atoms with Gasteiger partial charge in [-0.15, -0.1) is 5.10 Å². The predicted molar refractivity (Wildman–Crippen MR) is 109 cm³/mol. The van der Waals surface area contributed by atoms with Crippen LogP contribution in [0.5, 0.6) is 0 Å². The molecule has 6 rings (SSSR count). The van der Waals surface area contributed by atoms with E-state index in [4.69, 9.17) is 0 Å². The summed E-state index contributed by atoms with van der Waals surface area (Å²) in [5.74, 6) is -2.76. The maximum absolute atomic E-state index is 15.3. The number of anilines is 1. The molecular formula is C22H15F5N6O. The Bertz CT molecular complexity index is 1420. The van der Waals surface area contributed by atoms with Crippen molar-refractivity contribution in [2.24, 2.45) is 11.8 Å². The topological polar surface area (TPSA) is 79.7 Å². The van der Waals surface area contributed by atoms with Gasteiger partial charge in [-0.2, -0.15) is 23.1 Å². The van der Waals surface area contributed by atoms with Crippen molar-refractivity contribution in [1.29, 1.82) is 0 Å². The lowest BCUT2D eigenvalue weighted by Gasteiger charge is -2.48. The molecule has 12 heteroatoms. The standard InChI is InChI=1S/C22H15F5N6O/c23-13-5-12(33-30-8-17(31-33)22(25,26)27)6-14(24)19(13)20-18(10-1-2-10)21(34)32(20)11-3-4-15-16(7-11)29-9-28-15/h3-10,18,20H,1-2H2,(H,28,29)/t18?,20-/m1/s1. The fourth-order valence-corrected chi connectivity index (χ4v) is 4.58. The van der Waals surface area contributed by atoms with Gasteiger partial charge in [0.1, 0.15) is 11.6 Å². The van der Waals surface area contributed by atoms with E-state index in [9.17, 15) is 18.0 Å². The van der Waals surface area contributed by atoms with Crippen molar-refractivity contribution in [2.45, 2.75) is 25.1 Å². The number of aromatic nitrogens is 5. The minimum absolute atomic E-state index is 0.0310. The van der Waals surface area contributed by atoms with Crippen molar-refractivity contribution in [3.8, 4) is 5.69 Å². The maximum atomic E-state index is 15.3. The van der Waals surface area contributed by atoms with Crippen LogP contribution in [0.1, 0.15) is 30.1 Å². The Labute approximate surface area is 188 Å². The van der Waals surface area contributed by atoms with E-state index in [1.54, 1.807) is 18.2 Å². The first-order valence-electron chi connectivity index (χ1n) is 10.5. The molecule has 2 aliphatic rings. The van der Waals surface area contributed by atoms with Crippen LogP contribution in [0.15, 0.2) is 42.9 Å². The lowest BCUT2D eigenvalue weighted by molar-refractivity contribution is -0.141. The van der Waals surface area contributed by atoms with E-state index in [2.05, 4.69) is 20.2 Å². The lowest BCUT2D eigenvalue weighted by atomic mass is 9.78. The Morgan fingerprint density at radius 1 is 1.03 bits per heavy atom. The van der Waals surface area contributed by atoms with Crippen LogP contribution in [0.25, 0.3) is 16.7 Å². The van der Waals surface area contributed by atoms with Gasteiger partial charge in [0.2, 0.25) is 5.91 Å². The van der Waals surface area contributed by atoms with Crippen molar-refractivity contribution in [1.82, 2.24) is 25.0 Å². The van der Waals surface area contributed by atoms with Crippen LogP contribution in [0.4, 0.5) is 27.6 Å². The zero-order valence-electron chi connectivity index (χ0n) is 17.2. The van der Waals surface area contributed by atoms with Gasteiger partial charge in [0.05, 0.1) is 41.2 Å². The summed E-state index contributed by atoms with van der Waals surface area (Å²) in [4.78, 5) is 22.0. The summed E-state index contributed by atoms with van der Waals surface area (Å²) >= 11 is 0. The van der Waals surface area contributed by atoms with Crippen molar-refractivity contribution in [3.63, 3.8) is 0 Å². The number of alkyl halides is 3. The highest BCUT2D eigenvalue weighted by atomic mass is 19.4. The highest BCUT2D eigenvalue weighted by molar-refractivity contribution is 6.04. The number of hydrogen-bond acceptors (Lipinski definition) is 4. The fourth-order valence-electron chi connectivity index (χ4n) is 4.58. The van der Waals surface area contributed by atoms with Gasteiger partial charge >= 0.3 is 6.18 Å². The van der Waals surface area contributed by atoms with Crippen molar-refractivity contribution in [3.05, 3.63) is 65.7 Å². The van der Waals surface area contributed by atoms with Gasteiger partial charge in [-0.3, -0.25) is 4.79 Å². The Kier molecular flexibility index (Phi) is 4.32. The third kappa shape index (κ3) is 3.16. The van der Waals surface area contributed by atoms with E-state index in [1.165, 1.54) is 11.2 Å². The summed E-state index contributed by atoms with van der Waals surface area (Å²) in [7, 11) is 0. The van der Waals surface area contributed by atoms with Crippen LogP contribution >= 0.6 is 0 Å². The first kappa shape index (κ1) is 20.8. The second-order valence-corrected chi connectivity index (χ2v) is 8.46. The van der Waals surface area contributed by atoms with Crippen molar-refractivity contribution >= 4 is 22.6 Å². The number of aromatic amines is 1. The molecule has 1 aliphatic heterocycles. The third-order valence-electron chi connectivity index (χ3n) is 6.33. The third-order valence-corrected chi connectivity index (χ3v) is 6.33. The molecular weight excluding hydrogens is 459 g/mol. The molecule has 2 aromatic heterocycles. The molecule has 2 fully saturated rings. The number of hydrogen-bond donors (Lipinski definition) is 1. The van der Waals surface area contributed by atoms with Gasteiger partial charge in [-0.1, -0.05) is 0 Å². The molecule has 0 spiro atoms. The molecule has 1 unspecified atom stereocenters. The van der Waals surface area contributed by atoms with E-state index in [0.29, 0.717) is 22.2 Å². The molecule has 3 heterocycles. The first-order valence-corrected chi connectivity index (χ1v) is 10.5. The van der Waals surface area contributed by atoms with Crippen molar-refractivity contribution < 1.29 is 26.7 Å². The number of β-lactam (4-membered cyclic amide) rings is 1. The molecule has 1 saturated heterocycles. The smallest absolute Gasteiger partial charge is 0.345 e. The number of rotatable bonds is 4. The largest absolute Gasteiger partial charge is 0.436 e. The molecule has 1 aliphatic carbocycles. The summed E-state index contributed by atoms with van der Waals surface area (Å²) in [6.45, 7) is 0. The number of halogens is 5. The summed E-state index contributed by atoms with van der Waals surface area (Å²) in [5, 5.41) is 6.74. The van der Waals surface area contributed by atoms with E-state index in [-0.39, 0.29) is 23.1 Å². The number of imidazole rings is 1. The van der Waals surface area contributed by atoms with Crippen LogP contribution in [0, 0.1) is 23.5 Å². The quantitative estimate of drug-likeness (QED) is 0.348. The van der Waals surface area contributed by atoms with Gasteiger partial charge in [-0.25, -0.2) is 13.8 Å². The molecule has 0 radical (unpaired) electrons. The Hall–Kier alpha value is -3.83. The molecule has 34 heavy (non-hydrogen) atoms. The number of benzene rings is 2. The summed E-state index contributed by atoms with van der Waals surface area (Å²) < 4.78 is 69.1. The average molecular weight is 474 g/mol. The molecule has 0 bridgehead atoms. The Morgan fingerprint density at radius 3 is 2.41 bits per heavy atom. The average Bonchev–Trinajstić information content (AvgIpc) is 3.26. The number of nitrogens with zero attached hydrogens (tertiary/aromatic N) is 5. The zero-order valence-corrected chi connectivity index (χ0v) is 17.2. The molecule has 1 amide bonds. The molecule has 1 N–H and O–H groups in total. The monoisotopic (exact) mass is 474 g/mol. The summed E-state index contributed by atoms with van der Waals surface area (Å²) in [6, 6.07) is 5.92. The van der Waals surface area contributed by atoms with Crippen LogP contribution in [-0.4, -0.2) is 30.9 Å². The minimum atomic E-state index is -4.74. The summed E-state index contributed by atoms with van der Waals surface area (Å²) in [5.41, 5.74) is -0.0919. The number of carbonyl (C=O) groups is 1. The molecule has 2 aromatic carbocycles. The van der Waals surface area contributed by atoms with Crippen LogP contribution in [-0.2, 0) is 11.0 Å². The minimum Gasteiger partial charge on any atom is -0.345 e. The van der Waals surface area contributed by atoms with Crippen LogP contribution in [0.2, 0.25) is 0 Å². The van der Waals surface area contributed by atoms with Gasteiger partial charge in [0.15, 0.2) is 5.69 Å². The Morgan fingerprint density at radius 2 is 1.76 bits per heavy atom. The van der Waals surface area contributed by atoms with Crippen molar-refractivity contribution in [2.75, 3.05) is 4.90 Å². The van der Waals surface area contributed by atoms with Gasteiger partial charge in [0.25, 0.3) is 0 Å². The first-order chi connectivity index (χ1) is 16.2. The number of amides is 1. The predicted octanol–water partition coefficient (Wildman–Crippen LogP) is 4.55. The number of H-pyrrole nitrogens is 1. The SMILES string of the molecule is O=C1C(C2CC2)[C@H](c2c(F)cc(-n3ncc(C(F)(F)F)n3)cc2F)N1c1ccc2[nH]cnc2c1. The van der Waals surface area contributed by atoms with Gasteiger partial charge in [-0.05, 0) is 37.0 Å². The Balaban J connectivity index is 1.41. The summed E-state index contributed by atoms with van der Waals surface area (Å²) in [6.07, 6.45) is -1.18. The lowest BCUT2D eigenvalue weighted by Crippen LogP contribution is -2.56. The van der Waals surface area contributed by atoms with Crippen LogP contribution in [0.3, 0.4) is 0 Å². The zero-order chi connectivity index (χ0) is 23.8. The van der Waals surface area contributed by atoms with E-state index < -0.39 is 35.5 Å². The highest BCUT2D eigenvalue weighted by Crippen LogP contribution is 2.55. The second-order valence-electron chi connectivity index (χ2n) is 8.46. The normalized spacial score (nSPS) is 20.7. The molecule has 174 valence electrons. The number of fused-ring (bicyclic) bond motifs is 1. The van der Waals surface area contributed by atoms with Gasteiger partial charge in [0, 0.05) is 23.4 Å². The number of nitrogens with one attached hydrogen (secondary N) is 1. The fraction of sp³-hybridized carbons (Fsp3) is 0.273. The van der Waals surface area contributed by atoms with E-state index >= 15 is 8.78 Å². The molecule has 1 saturated carbocycles. The van der Waals surface area contributed by atoms with Crippen LogP contribution < -0.4 is 4.90 Å². The molecule has 4 aromatic rings.